The molecule has 1 aromatic rings. The van der Waals surface area contributed by atoms with E-state index < -0.39 is 0 Å². The summed E-state index contributed by atoms with van der Waals surface area (Å²) in [7, 11) is 0. The first-order valence-electron chi connectivity index (χ1n) is 9.17. The highest BCUT2D eigenvalue weighted by Crippen LogP contribution is 2.42. The Kier molecular flexibility index (Phi) is 5.42. The number of hydrogen-bond acceptors (Lipinski definition) is 5. The molecule has 0 aromatic carbocycles. The van der Waals surface area contributed by atoms with Crippen molar-refractivity contribution in [2.75, 3.05) is 31.2 Å². The van der Waals surface area contributed by atoms with Gasteiger partial charge in [-0.1, -0.05) is 19.9 Å². The van der Waals surface area contributed by atoms with Crippen LogP contribution in [0.2, 0.25) is 0 Å². The van der Waals surface area contributed by atoms with Crippen LogP contribution >= 0.6 is 0 Å². The van der Waals surface area contributed by atoms with Gasteiger partial charge >= 0.3 is 0 Å². The SMILES string of the molecule is CCO[C@@H]1C[C@H](NCc2ccc(N3CCO[C@@H](C)C3)nc2)C1(C)C. The van der Waals surface area contributed by atoms with Crippen molar-refractivity contribution in [3.05, 3.63) is 23.9 Å². The van der Waals surface area contributed by atoms with Crippen molar-refractivity contribution < 1.29 is 9.47 Å². The minimum Gasteiger partial charge on any atom is -0.378 e. The van der Waals surface area contributed by atoms with Crippen LogP contribution in [0.1, 0.15) is 39.7 Å². The lowest BCUT2D eigenvalue weighted by Crippen LogP contribution is -2.60. The molecular weight excluding hydrogens is 302 g/mol. The van der Waals surface area contributed by atoms with Crippen molar-refractivity contribution >= 4 is 5.82 Å². The fourth-order valence-corrected chi connectivity index (χ4v) is 3.69. The van der Waals surface area contributed by atoms with Gasteiger partial charge < -0.3 is 19.7 Å². The average Bonchev–Trinajstić information content (AvgIpc) is 2.58. The molecule has 24 heavy (non-hydrogen) atoms. The lowest BCUT2D eigenvalue weighted by atomic mass is 9.64. The second-order valence-corrected chi connectivity index (χ2v) is 7.59. The molecule has 134 valence electrons. The highest BCUT2D eigenvalue weighted by Gasteiger charge is 2.48. The van der Waals surface area contributed by atoms with Crippen LogP contribution in [0.25, 0.3) is 0 Å². The van der Waals surface area contributed by atoms with Crippen molar-refractivity contribution in [1.29, 1.82) is 0 Å². The van der Waals surface area contributed by atoms with Gasteiger partial charge in [0.1, 0.15) is 5.82 Å². The van der Waals surface area contributed by atoms with Gasteiger partial charge in [-0.25, -0.2) is 4.98 Å². The molecule has 1 saturated heterocycles. The molecule has 0 unspecified atom stereocenters. The minimum absolute atomic E-state index is 0.202. The number of aromatic nitrogens is 1. The Labute approximate surface area is 145 Å². The maximum atomic E-state index is 5.80. The first-order chi connectivity index (χ1) is 11.5. The number of ether oxygens (including phenoxy) is 2. The van der Waals surface area contributed by atoms with E-state index in [1.807, 2.05) is 6.20 Å². The van der Waals surface area contributed by atoms with Gasteiger partial charge in [0.2, 0.25) is 0 Å². The summed E-state index contributed by atoms with van der Waals surface area (Å²) < 4.78 is 11.4. The van der Waals surface area contributed by atoms with E-state index in [2.05, 4.69) is 55.0 Å². The number of rotatable bonds is 6. The third kappa shape index (κ3) is 3.73. The first-order valence-corrected chi connectivity index (χ1v) is 9.17. The molecule has 1 N–H and O–H groups in total. The van der Waals surface area contributed by atoms with Crippen LogP contribution in [0, 0.1) is 5.41 Å². The molecule has 1 saturated carbocycles. The van der Waals surface area contributed by atoms with Gasteiger partial charge in [0.25, 0.3) is 0 Å². The lowest BCUT2D eigenvalue weighted by molar-refractivity contribution is -0.114. The van der Waals surface area contributed by atoms with Crippen LogP contribution in [0.5, 0.6) is 0 Å². The Morgan fingerprint density at radius 3 is 2.88 bits per heavy atom. The third-order valence-electron chi connectivity index (χ3n) is 5.47. The Balaban J connectivity index is 1.50. The van der Waals surface area contributed by atoms with Crippen LogP contribution in [0.3, 0.4) is 0 Å². The molecule has 5 heteroatoms. The summed E-state index contributed by atoms with van der Waals surface area (Å²) in [4.78, 5) is 6.94. The van der Waals surface area contributed by atoms with Gasteiger partial charge in [0.15, 0.2) is 0 Å². The Hall–Kier alpha value is -1.17. The fourth-order valence-electron chi connectivity index (χ4n) is 3.69. The molecule has 2 aliphatic rings. The predicted molar refractivity (Wildman–Crippen MR) is 96.3 cm³/mol. The topological polar surface area (TPSA) is 46.6 Å². The molecule has 1 aliphatic carbocycles. The maximum Gasteiger partial charge on any atom is 0.128 e. The van der Waals surface area contributed by atoms with Gasteiger partial charge in [-0.15, -0.1) is 0 Å². The van der Waals surface area contributed by atoms with E-state index in [-0.39, 0.29) is 11.5 Å². The molecule has 0 bridgehead atoms. The van der Waals surface area contributed by atoms with Gasteiger partial charge in [0, 0.05) is 43.9 Å². The van der Waals surface area contributed by atoms with Gasteiger partial charge in [0.05, 0.1) is 18.8 Å². The molecule has 0 amide bonds. The number of nitrogens with one attached hydrogen (secondary N) is 1. The third-order valence-corrected chi connectivity index (χ3v) is 5.47. The Morgan fingerprint density at radius 1 is 1.42 bits per heavy atom. The number of hydrogen-bond donors (Lipinski definition) is 1. The van der Waals surface area contributed by atoms with Crippen molar-refractivity contribution in [2.24, 2.45) is 5.41 Å². The van der Waals surface area contributed by atoms with E-state index >= 15 is 0 Å². The van der Waals surface area contributed by atoms with Crippen molar-refractivity contribution in [3.8, 4) is 0 Å². The largest absolute Gasteiger partial charge is 0.378 e. The van der Waals surface area contributed by atoms with E-state index in [9.17, 15) is 0 Å². The Morgan fingerprint density at radius 2 is 2.25 bits per heavy atom. The summed E-state index contributed by atoms with van der Waals surface area (Å²) in [6.07, 6.45) is 3.75. The average molecular weight is 333 g/mol. The van der Waals surface area contributed by atoms with Gasteiger partial charge in [-0.2, -0.15) is 0 Å². The quantitative estimate of drug-likeness (QED) is 0.867. The summed E-state index contributed by atoms with van der Waals surface area (Å²) in [5.41, 5.74) is 1.43. The van der Waals surface area contributed by atoms with E-state index in [4.69, 9.17) is 9.47 Å². The zero-order valence-electron chi connectivity index (χ0n) is 15.4. The maximum absolute atomic E-state index is 5.80. The molecule has 5 nitrogen and oxygen atoms in total. The van der Waals surface area contributed by atoms with Crippen LogP contribution in [-0.4, -0.2) is 49.5 Å². The van der Waals surface area contributed by atoms with E-state index in [0.717, 1.165) is 45.1 Å². The van der Waals surface area contributed by atoms with Crippen LogP contribution in [0.15, 0.2) is 18.3 Å². The molecule has 1 aliphatic heterocycles. The number of pyridine rings is 1. The molecule has 3 atom stereocenters. The highest BCUT2D eigenvalue weighted by atomic mass is 16.5. The fraction of sp³-hybridized carbons (Fsp3) is 0.737. The van der Waals surface area contributed by atoms with Crippen molar-refractivity contribution in [1.82, 2.24) is 10.3 Å². The second-order valence-electron chi connectivity index (χ2n) is 7.59. The number of morpholine rings is 1. The number of nitrogens with zero attached hydrogens (tertiary/aromatic N) is 2. The minimum atomic E-state index is 0.202. The normalized spacial score (nSPS) is 29.3. The van der Waals surface area contributed by atoms with Crippen molar-refractivity contribution in [3.63, 3.8) is 0 Å². The molecule has 0 spiro atoms. The molecular formula is C19H31N3O2. The molecule has 2 heterocycles. The summed E-state index contributed by atoms with van der Waals surface area (Å²) in [5, 5.41) is 3.67. The number of anilines is 1. The summed E-state index contributed by atoms with van der Waals surface area (Å²) in [6, 6.07) is 4.82. The van der Waals surface area contributed by atoms with E-state index in [0.29, 0.717) is 12.1 Å². The Bertz CT molecular complexity index is 532. The van der Waals surface area contributed by atoms with Gasteiger partial charge in [-0.05, 0) is 31.9 Å². The lowest BCUT2D eigenvalue weighted by Gasteiger charge is -2.52. The van der Waals surface area contributed by atoms with E-state index in [1.165, 1.54) is 5.56 Å². The monoisotopic (exact) mass is 333 g/mol. The molecule has 3 rings (SSSR count). The molecule has 1 aromatic heterocycles. The predicted octanol–water partition coefficient (Wildman–Crippen LogP) is 2.60. The zero-order valence-corrected chi connectivity index (χ0v) is 15.4. The van der Waals surface area contributed by atoms with Crippen LogP contribution in [0.4, 0.5) is 5.82 Å². The summed E-state index contributed by atoms with van der Waals surface area (Å²) in [5.74, 6) is 1.05. The van der Waals surface area contributed by atoms with E-state index in [1.54, 1.807) is 0 Å². The smallest absolute Gasteiger partial charge is 0.128 e. The second kappa shape index (κ2) is 7.38. The van der Waals surface area contributed by atoms with Crippen LogP contribution in [-0.2, 0) is 16.0 Å². The zero-order chi connectivity index (χ0) is 17.2. The van der Waals surface area contributed by atoms with Crippen LogP contribution < -0.4 is 10.2 Å². The summed E-state index contributed by atoms with van der Waals surface area (Å²) >= 11 is 0. The standard InChI is InChI=1S/C19H31N3O2/c1-5-23-17-10-16(19(17,3)4)20-11-15-6-7-18(21-12-15)22-8-9-24-14(2)13-22/h6-7,12,14,16-17,20H,5,8-11,13H2,1-4H3/t14-,16-,17+/m0/s1. The van der Waals surface area contributed by atoms with Gasteiger partial charge in [-0.3, -0.25) is 0 Å². The highest BCUT2D eigenvalue weighted by molar-refractivity contribution is 5.39. The summed E-state index contributed by atoms with van der Waals surface area (Å²) in [6.45, 7) is 13.0. The van der Waals surface area contributed by atoms with Crippen molar-refractivity contribution in [2.45, 2.75) is 58.9 Å². The first kappa shape index (κ1) is 17.6. The molecule has 0 radical (unpaired) electrons. The molecule has 2 fully saturated rings.